The molecule has 6 rings (SSSR count). The lowest BCUT2D eigenvalue weighted by Gasteiger charge is -2.32. The van der Waals surface area contributed by atoms with Gasteiger partial charge in [0.05, 0.1) is 17.8 Å². The Labute approximate surface area is 231 Å². The van der Waals surface area contributed by atoms with Gasteiger partial charge in [-0.15, -0.1) is 0 Å². The van der Waals surface area contributed by atoms with E-state index in [1.54, 1.807) is 18.2 Å². The van der Waals surface area contributed by atoms with Gasteiger partial charge in [-0.3, -0.25) is 14.6 Å². The first-order valence-electron chi connectivity index (χ1n) is 12.8. The standard InChI is InChI=1S/C30H27ClN4O4/c1-34-10-12-35(13-11-34)27(36)16-19-2-6-22(7-3-19)32-29(20-4-9-25-26(17-20)39-15-14-38-25)28-23-8-5-21(31)18-24(23)33-30(28)37/h2-9,14-15,17-18,28H,10-13,16H2,1H3,(H,33,37). The van der Waals surface area contributed by atoms with Crippen LogP contribution in [0.25, 0.3) is 0 Å². The van der Waals surface area contributed by atoms with E-state index in [-0.39, 0.29) is 11.8 Å². The van der Waals surface area contributed by atoms with Gasteiger partial charge in [-0.1, -0.05) is 29.8 Å². The average Bonchev–Trinajstić information content (AvgIpc) is 3.27. The van der Waals surface area contributed by atoms with Gasteiger partial charge in [-0.2, -0.15) is 0 Å². The molecule has 0 spiro atoms. The summed E-state index contributed by atoms with van der Waals surface area (Å²) in [7, 11) is 2.07. The molecular formula is C30H27ClN4O4. The Morgan fingerprint density at radius 2 is 1.72 bits per heavy atom. The second-order valence-electron chi connectivity index (χ2n) is 9.85. The third-order valence-corrected chi connectivity index (χ3v) is 7.44. The molecule has 3 aromatic rings. The lowest BCUT2D eigenvalue weighted by atomic mass is 9.90. The van der Waals surface area contributed by atoms with Gasteiger partial charge in [-0.25, -0.2) is 0 Å². The zero-order chi connectivity index (χ0) is 26.9. The molecule has 9 heteroatoms. The normalized spacial score (nSPS) is 18.6. The monoisotopic (exact) mass is 542 g/mol. The van der Waals surface area contributed by atoms with Crippen LogP contribution in [0, 0.1) is 0 Å². The summed E-state index contributed by atoms with van der Waals surface area (Å²) in [6, 6.07) is 18.4. The second-order valence-corrected chi connectivity index (χ2v) is 10.3. The zero-order valence-corrected chi connectivity index (χ0v) is 22.1. The quantitative estimate of drug-likeness (QED) is 0.470. The molecule has 0 aliphatic carbocycles. The third-order valence-electron chi connectivity index (χ3n) is 7.20. The molecule has 1 unspecified atom stereocenters. The number of carbonyl (C=O) groups is 2. The summed E-state index contributed by atoms with van der Waals surface area (Å²) in [6.45, 7) is 3.29. The van der Waals surface area contributed by atoms with E-state index in [0.717, 1.165) is 42.9 Å². The molecule has 8 nitrogen and oxygen atoms in total. The minimum atomic E-state index is -0.645. The van der Waals surface area contributed by atoms with Gasteiger partial charge in [0.15, 0.2) is 11.5 Å². The first-order chi connectivity index (χ1) is 18.9. The summed E-state index contributed by atoms with van der Waals surface area (Å²) in [5.74, 6) is 0.417. The number of hydrogen-bond acceptors (Lipinski definition) is 6. The van der Waals surface area contributed by atoms with Crippen LogP contribution in [0.15, 0.2) is 78.2 Å². The Bertz CT molecular complexity index is 1490. The van der Waals surface area contributed by atoms with Crippen molar-refractivity contribution in [3.8, 4) is 11.5 Å². The fourth-order valence-corrected chi connectivity index (χ4v) is 5.20. The first kappa shape index (κ1) is 25.2. The van der Waals surface area contributed by atoms with E-state index in [1.165, 1.54) is 12.5 Å². The van der Waals surface area contributed by atoms with Crippen LogP contribution >= 0.6 is 11.6 Å². The number of piperazine rings is 1. The highest BCUT2D eigenvalue weighted by Crippen LogP contribution is 2.39. The van der Waals surface area contributed by atoms with Crippen molar-refractivity contribution in [1.29, 1.82) is 0 Å². The highest BCUT2D eigenvalue weighted by molar-refractivity contribution is 6.31. The lowest BCUT2D eigenvalue weighted by molar-refractivity contribution is -0.132. The largest absolute Gasteiger partial charge is 0.458 e. The van der Waals surface area contributed by atoms with E-state index >= 15 is 0 Å². The summed E-state index contributed by atoms with van der Waals surface area (Å²) in [5, 5.41) is 3.48. The lowest BCUT2D eigenvalue weighted by Crippen LogP contribution is -2.47. The first-order valence-corrected chi connectivity index (χ1v) is 13.2. The van der Waals surface area contributed by atoms with E-state index in [4.69, 9.17) is 26.1 Å². The molecule has 0 bridgehead atoms. The molecule has 1 fully saturated rings. The molecule has 1 atom stereocenters. The van der Waals surface area contributed by atoms with Gasteiger partial charge in [0.25, 0.3) is 0 Å². The van der Waals surface area contributed by atoms with Crippen LogP contribution in [0.1, 0.15) is 22.6 Å². The second kappa shape index (κ2) is 10.6. The number of amides is 2. The van der Waals surface area contributed by atoms with Crippen molar-refractivity contribution in [2.75, 3.05) is 38.5 Å². The number of ether oxygens (including phenoxy) is 2. The Hall–Kier alpha value is -4.14. The molecule has 198 valence electrons. The van der Waals surface area contributed by atoms with Crippen LogP contribution in [0.5, 0.6) is 11.5 Å². The summed E-state index contributed by atoms with van der Waals surface area (Å²) in [5.41, 5.74) is 4.35. The number of hydrogen-bond donors (Lipinski definition) is 1. The molecule has 0 aromatic heterocycles. The van der Waals surface area contributed by atoms with Crippen molar-refractivity contribution in [1.82, 2.24) is 9.80 Å². The van der Waals surface area contributed by atoms with Gasteiger partial charge in [0.1, 0.15) is 18.4 Å². The smallest absolute Gasteiger partial charge is 0.238 e. The number of nitrogens with zero attached hydrogens (tertiary/aromatic N) is 3. The molecule has 0 saturated carbocycles. The van der Waals surface area contributed by atoms with E-state index < -0.39 is 5.92 Å². The SMILES string of the molecule is CN1CCN(C(=O)Cc2ccc(N=C(c3ccc4c(c3)OC=CO4)C3C(=O)Nc4cc(Cl)ccc43)cc2)CC1. The summed E-state index contributed by atoms with van der Waals surface area (Å²) < 4.78 is 11.1. The van der Waals surface area contributed by atoms with Gasteiger partial charge in [0.2, 0.25) is 11.8 Å². The maximum absolute atomic E-state index is 13.2. The summed E-state index contributed by atoms with van der Waals surface area (Å²) in [4.78, 5) is 35.1. The fourth-order valence-electron chi connectivity index (χ4n) is 5.03. The molecule has 1 N–H and O–H groups in total. The van der Waals surface area contributed by atoms with Crippen LogP contribution in [0.3, 0.4) is 0 Å². The number of nitrogens with one attached hydrogen (secondary N) is 1. The van der Waals surface area contributed by atoms with Crippen molar-refractivity contribution in [3.05, 3.63) is 94.9 Å². The molecule has 39 heavy (non-hydrogen) atoms. The number of anilines is 1. The van der Waals surface area contributed by atoms with Crippen LogP contribution in [-0.4, -0.2) is 60.6 Å². The third kappa shape index (κ3) is 5.26. The van der Waals surface area contributed by atoms with Crippen molar-refractivity contribution >= 4 is 40.5 Å². The average molecular weight is 543 g/mol. The van der Waals surface area contributed by atoms with Gasteiger partial charge in [0, 0.05) is 42.5 Å². The number of likely N-dealkylation sites (N-methyl/N-ethyl adjacent to an activating group) is 1. The molecule has 1 saturated heterocycles. The van der Waals surface area contributed by atoms with E-state index in [1.807, 2.05) is 47.4 Å². The van der Waals surface area contributed by atoms with Crippen molar-refractivity contribution in [2.24, 2.45) is 4.99 Å². The van der Waals surface area contributed by atoms with Gasteiger partial charge >= 0.3 is 0 Å². The van der Waals surface area contributed by atoms with Crippen molar-refractivity contribution < 1.29 is 19.1 Å². The van der Waals surface area contributed by atoms with Crippen molar-refractivity contribution in [2.45, 2.75) is 12.3 Å². The number of fused-ring (bicyclic) bond motifs is 2. The maximum Gasteiger partial charge on any atom is 0.238 e. The minimum absolute atomic E-state index is 0.128. The van der Waals surface area contributed by atoms with E-state index in [2.05, 4.69) is 17.3 Å². The molecule has 3 aromatic carbocycles. The molecule has 3 aliphatic heterocycles. The van der Waals surface area contributed by atoms with E-state index in [0.29, 0.717) is 40.0 Å². The minimum Gasteiger partial charge on any atom is -0.458 e. The highest BCUT2D eigenvalue weighted by atomic mass is 35.5. The summed E-state index contributed by atoms with van der Waals surface area (Å²) >= 11 is 6.18. The summed E-state index contributed by atoms with van der Waals surface area (Å²) in [6.07, 6.45) is 3.28. The number of aliphatic imine (C=N–C) groups is 1. The topological polar surface area (TPSA) is 83.5 Å². The Kier molecular flexibility index (Phi) is 6.81. The number of benzene rings is 3. The van der Waals surface area contributed by atoms with Gasteiger partial charge in [-0.05, 0) is 60.6 Å². The molecule has 0 radical (unpaired) electrons. The number of carbonyl (C=O) groups excluding carboxylic acids is 2. The van der Waals surface area contributed by atoms with Crippen molar-refractivity contribution in [3.63, 3.8) is 0 Å². The van der Waals surface area contributed by atoms with E-state index in [9.17, 15) is 9.59 Å². The predicted molar refractivity (Wildman–Crippen MR) is 150 cm³/mol. The molecule has 3 heterocycles. The molecule has 3 aliphatic rings. The van der Waals surface area contributed by atoms with Crippen LogP contribution in [-0.2, 0) is 16.0 Å². The maximum atomic E-state index is 13.2. The highest BCUT2D eigenvalue weighted by Gasteiger charge is 2.36. The van der Waals surface area contributed by atoms with Gasteiger partial charge < -0.3 is 24.6 Å². The number of halogens is 1. The van der Waals surface area contributed by atoms with Crippen LogP contribution in [0.2, 0.25) is 5.02 Å². The predicted octanol–water partition coefficient (Wildman–Crippen LogP) is 4.76. The molecular weight excluding hydrogens is 516 g/mol. The Balaban J connectivity index is 1.32. The Morgan fingerprint density at radius 3 is 2.49 bits per heavy atom. The Morgan fingerprint density at radius 1 is 0.974 bits per heavy atom. The number of rotatable bonds is 5. The van der Waals surface area contributed by atoms with Crippen LogP contribution < -0.4 is 14.8 Å². The van der Waals surface area contributed by atoms with Crippen LogP contribution in [0.4, 0.5) is 11.4 Å². The molecule has 2 amide bonds. The fraction of sp³-hybridized carbons (Fsp3) is 0.233. The zero-order valence-electron chi connectivity index (χ0n) is 21.4.